The maximum atomic E-state index is 12.5. The summed E-state index contributed by atoms with van der Waals surface area (Å²) in [5.74, 6) is 0.452. The minimum absolute atomic E-state index is 0.230. The molecule has 1 aromatic carbocycles. The molecule has 150 valence electrons. The third-order valence-electron chi connectivity index (χ3n) is 4.98. The molecule has 2 N–H and O–H groups in total. The number of unbranched alkanes of at least 4 members (excludes halogenated alkanes) is 2. The predicted molar refractivity (Wildman–Crippen MR) is 114 cm³/mol. The Labute approximate surface area is 167 Å². The molecule has 0 unspecified atom stereocenters. The van der Waals surface area contributed by atoms with Crippen LogP contribution in [0, 0.1) is 0 Å². The van der Waals surface area contributed by atoms with E-state index in [9.17, 15) is 4.79 Å². The molecule has 1 aliphatic rings. The highest BCUT2D eigenvalue weighted by atomic mass is 16.1. The van der Waals surface area contributed by atoms with E-state index in [4.69, 9.17) is 0 Å². The molecule has 1 aliphatic heterocycles. The fraction of sp³-hybridized carbons (Fsp3) is 0.476. The number of benzene rings is 1. The van der Waals surface area contributed by atoms with Crippen molar-refractivity contribution < 1.29 is 4.79 Å². The van der Waals surface area contributed by atoms with Gasteiger partial charge >= 0.3 is 0 Å². The summed E-state index contributed by atoms with van der Waals surface area (Å²) in [6, 6.07) is 9.69. The van der Waals surface area contributed by atoms with Gasteiger partial charge in [-0.1, -0.05) is 19.8 Å². The van der Waals surface area contributed by atoms with Crippen molar-refractivity contribution >= 4 is 23.1 Å². The van der Waals surface area contributed by atoms with E-state index < -0.39 is 0 Å². The summed E-state index contributed by atoms with van der Waals surface area (Å²) < 4.78 is 0. The zero-order chi connectivity index (χ0) is 19.8. The minimum atomic E-state index is -0.230. The Balaban J connectivity index is 1.55. The largest absolute Gasteiger partial charge is 0.370 e. The average Bonchev–Trinajstić information content (AvgIpc) is 2.73. The fourth-order valence-electron chi connectivity index (χ4n) is 3.18. The quantitative estimate of drug-likeness (QED) is 0.684. The molecule has 1 amide bonds. The van der Waals surface area contributed by atoms with Crippen molar-refractivity contribution in [3.63, 3.8) is 0 Å². The summed E-state index contributed by atoms with van der Waals surface area (Å²) in [5, 5.41) is 6.16. The smallest absolute Gasteiger partial charge is 0.274 e. The number of rotatable bonds is 8. The third-order valence-corrected chi connectivity index (χ3v) is 4.98. The van der Waals surface area contributed by atoms with Gasteiger partial charge < -0.3 is 20.4 Å². The second kappa shape index (κ2) is 10.0. The van der Waals surface area contributed by atoms with E-state index in [1.165, 1.54) is 24.9 Å². The topological polar surface area (TPSA) is 73.4 Å². The molecule has 0 atom stereocenters. The molecular formula is C21H30N6O. The predicted octanol–water partition coefficient (Wildman–Crippen LogP) is 3.08. The Bertz CT molecular complexity index is 756. The molecular weight excluding hydrogens is 352 g/mol. The Morgan fingerprint density at radius 3 is 2.54 bits per heavy atom. The SMILES string of the molecule is CCCCCNc1cc(C(=O)Nc2ccc(N3CCN(C)CC3)cc2)ncn1. The second-order valence-electron chi connectivity index (χ2n) is 7.21. The van der Waals surface area contributed by atoms with Gasteiger partial charge in [0.1, 0.15) is 17.8 Å². The maximum absolute atomic E-state index is 12.5. The summed E-state index contributed by atoms with van der Waals surface area (Å²) in [5.41, 5.74) is 2.31. The first-order valence-corrected chi connectivity index (χ1v) is 10.1. The third kappa shape index (κ3) is 5.66. The summed E-state index contributed by atoms with van der Waals surface area (Å²) in [4.78, 5) is 25.5. The van der Waals surface area contributed by atoms with Crippen LogP contribution < -0.4 is 15.5 Å². The number of nitrogens with one attached hydrogen (secondary N) is 2. The summed E-state index contributed by atoms with van der Waals surface area (Å²) >= 11 is 0. The number of aromatic nitrogens is 2. The van der Waals surface area contributed by atoms with Gasteiger partial charge in [-0.2, -0.15) is 0 Å². The number of carbonyl (C=O) groups excluding carboxylic acids is 1. The van der Waals surface area contributed by atoms with Gasteiger partial charge in [-0.25, -0.2) is 9.97 Å². The monoisotopic (exact) mass is 382 g/mol. The highest BCUT2D eigenvalue weighted by Crippen LogP contribution is 2.20. The first-order valence-electron chi connectivity index (χ1n) is 10.1. The lowest BCUT2D eigenvalue weighted by Gasteiger charge is -2.34. The van der Waals surface area contributed by atoms with Crippen LogP contribution >= 0.6 is 0 Å². The van der Waals surface area contributed by atoms with Gasteiger partial charge in [0.05, 0.1) is 0 Å². The zero-order valence-corrected chi connectivity index (χ0v) is 16.8. The Morgan fingerprint density at radius 1 is 1.07 bits per heavy atom. The molecule has 0 aliphatic carbocycles. The first-order chi connectivity index (χ1) is 13.7. The molecule has 0 bridgehead atoms. The summed E-state index contributed by atoms with van der Waals surface area (Å²) in [6.07, 6.45) is 4.86. The number of hydrogen-bond donors (Lipinski definition) is 2. The molecule has 0 saturated carbocycles. The highest BCUT2D eigenvalue weighted by molar-refractivity contribution is 6.03. The van der Waals surface area contributed by atoms with Crippen LogP contribution in [0.4, 0.5) is 17.2 Å². The fourth-order valence-corrected chi connectivity index (χ4v) is 3.18. The molecule has 1 aromatic heterocycles. The number of hydrogen-bond acceptors (Lipinski definition) is 6. The number of carbonyl (C=O) groups is 1. The molecule has 2 heterocycles. The van der Waals surface area contributed by atoms with Gasteiger partial charge in [-0.3, -0.25) is 4.79 Å². The molecule has 1 saturated heterocycles. The van der Waals surface area contributed by atoms with Gasteiger partial charge in [0.25, 0.3) is 5.91 Å². The van der Waals surface area contributed by atoms with Crippen molar-refractivity contribution in [3.8, 4) is 0 Å². The van der Waals surface area contributed by atoms with Crippen molar-refractivity contribution in [2.45, 2.75) is 26.2 Å². The Hall–Kier alpha value is -2.67. The normalized spacial score (nSPS) is 14.7. The Morgan fingerprint density at radius 2 is 1.82 bits per heavy atom. The van der Waals surface area contributed by atoms with Crippen LogP contribution in [0.25, 0.3) is 0 Å². The molecule has 7 heteroatoms. The van der Waals surface area contributed by atoms with Gasteiger partial charge in [-0.05, 0) is 37.7 Å². The molecule has 1 fully saturated rings. The van der Waals surface area contributed by atoms with E-state index in [-0.39, 0.29) is 5.91 Å². The Kier molecular flexibility index (Phi) is 7.19. The van der Waals surface area contributed by atoms with Crippen molar-refractivity contribution in [1.29, 1.82) is 0 Å². The molecule has 7 nitrogen and oxygen atoms in total. The van der Waals surface area contributed by atoms with Crippen LogP contribution in [0.3, 0.4) is 0 Å². The number of anilines is 3. The van der Waals surface area contributed by atoms with Crippen LogP contribution in [0.5, 0.6) is 0 Å². The number of piperazine rings is 1. The van der Waals surface area contributed by atoms with E-state index >= 15 is 0 Å². The maximum Gasteiger partial charge on any atom is 0.274 e. The lowest BCUT2D eigenvalue weighted by Crippen LogP contribution is -2.44. The number of amides is 1. The van der Waals surface area contributed by atoms with Gasteiger partial charge in [0.2, 0.25) is 0 Å². The number of likely N-dealkylation sites (N-methyl/N-ethyl adjacent to an activating group) is 1. The van der Waals surface area contributed by atoms with Gasteiger partial charge in [0.15, 0.2) is 0 Å². The van der Waals surface area contributed by atoms with Crippen LogP contribution in [0.1, 0.15) is 36.7 Å². The summed E-state index contributed by atoms with van der Waals surface area (Å²) in [6.45, 7) is 7.21. The number of nitrogens with zero attached hydrogens (tertiary/aromatic N) is 4. The first kappa shape index (κ1) is 20.1. The molecule has 0 spiro atoms. The minimum Gasteiger partial charge on any atom is -0.370 e. The molecule has 2 aromatic rings. The standard InChI is InChI=1S/C21H30N6O/c1-3-4-5-10-22-20-15-19(23-16-24-20)21(28)25-17-6-8-18(9-7-17)27-13-11-26(2)12-14-27/h6-9,15-16H,3-5,10-14H2,1-2H3,(H,25,28)(H,22,23,24). The van der Waals surface area contributed by atoms with Crippen molar-refractivity contribution in [3.05, 3.63) is 42.4 Å². The van der Waals surface area contributed by atoms with Crippen LogP contribution in [-0.2, 0) is 0 Å². The zero-order valence-electron chi connectivity index (χ0n) is 16.8. The van der Waals surface area contributed by atoms with Crippen LogP contribution in [0.2, 0.25) is 0 Å². The van der Waals surface area contributed by atoms with Crippen molar-refractivity contribution in [2.24, 2.45) is 0 Å². The lowest BCUT2D eigenvalue weighted by molar-refractivity contribution is 0.102. The lowest BCUT2D eigenvalue weighted by atomic mass is 10.2. The van der Waals surface area contributed by atoms with Gasteiger partial charge in [0, 0.05) is 50.2 Å². The van der Waals surface area contributed by atoms with Crippen molar-refractivity contribution in [1.82, 2.24) is 14.9 Å². The van der Waals surface area contributed by atoms with Gasteiger partial charge in [-0.15, -0.1) is 0 Å². The van der Waals surface area contributed by atoms with E-state index in [0.717, 1.165) is 44.8 Å². The molecule has 3 rings (SSSR count). The van der Waals surface area contributed by atoms with Crippen LogP contribution in [0.15, 0.2) is 36.7 Å². The average molecular weight is 383 g/mol. The van der Waals surface area contributed by atoms with Crippen LogP contribution in [-0.4, -0.2) is 60.5 Å². The van der Waals surface area contributed by atoms with Crippen molar-refractivity contribution in [2.75, 3.05) is 55.3 Å². The summed E-state index contributed by atoms with van der Waals surface area (Å²) in [7, 11) is 2.15. The second-order valence-corrected chi connectivity index (χ2v) is 7.21. The van der Waals surface area contributed by atoms with E-state index in [1.54, 1.807) is 6.07 Å². The van der Waals surface area contributed by atoms with E-state index in [1.807, 2.05) is 12.1 Å². The van der Waals surface area contributed by atoms with E-state index in [2.05, 4.69) is 56.5 Å². The molecule has 0 radical (unpaired) electrons. The highest BCUT2D eigenvalue weighted by Gasteiger charge is 2.14. The molecule has 28 heavy (non-hydrogen) atoms. The van der Waals surface area contributed by atoms with E-state index in [0.29, 0.717) is 11.5 Å².